The number of halogens is 3. The van der Waals surface area contributed by atoms with E-state index in [1.165, 1.54) is 11.8 Å². The van der Waals surface area contributed by atoms with Crippen molar-refractivity contribution < 1.29 is 18.0 Å². The molecule has 0 aromatic heterocycles. The molecule has 132 valence electrons. The van der Waals surface area contributed by atoms with Crippen molar-refractivity contribution in [2.24, 2.45) is 11.7 Å². The third-order valence-corrected chi connectivity index (χ3v) is 7.33. The second kappa shape index (κ2) is 7.11. The Morgan fingerprint density at radius 3 is 2.65 bits per heavy atom. The number of alkyl halides is 3. The zero-order valence-electron chi connectivity index (χ0n) is 12.7. The van der Waals surface area contributed by atoms with E-state index in [-0.39, 0.29) is 29.9 Å². The Balaban J connectivity index is 1.61. The third-order valence-electron chi connectivity index (χ3n) is 4.82. The Kier molecular flexibility index (Phi) is 5.52. The van der Waals surface area contributed by atoms with E-state index in [2.05, 4.69) is 5.43 Å². The van der Waals surface area contributed by atoms with Gasteiger partial charge in [0.1, 0.15) is 10.9 Å². The van der Waals surface area contributed by atoms with Crippen LogP contribution in [0.25, 0.3) is 0 Å². The van der Waals surface area contributed by atoms with Gasteiger partial charge in [-0.15, -0.1) is 0 Å². The van der Waals surface area contributed by atoms with Gasteiger partial charge in [-0.2, -0.15) is 24.9 Å². The molecular weight excluding hydrogens is 347 g/mol. The number of hydrazine groups is 1. The molecule has 23 heavy (non-hydrogen) atoms. The van der Waals surface area contributed by atoms with Crippen molar-refractivity contribution in [3.05, 3.63) is 0 Å². The summed E-state index contributed by atoms with van der Waals surface area (Å²) >= 11 is 2.99. The van der Waals surface area contributed by atoms with Gasteiger partial charge in [0.25, 0.3) is 0 Å². The highest BCUT2D eigenvalue weighted by molar-refractivity contribution is 8.02. The Morgan fingerprint density at radius 1 is 1.22 bits per heavy atom. The summed E-state index contributed by atoms with van der Waals surface area (Å²) in [6, 6.07) is -0.257. The van der Waals surface area contributed by atoms with Gasteiger partial charge >= 0.3 is 6.18 Å². The monoisotopic (exact) mass is 369 g/mol. The summed E-state index contributed by atoms with van der Waals surface area (Å²) in [5.41, 5.74) is 8.71. The van der Waals surface area contributed by atoms with E-state index in [0.717, 1.165) is 18.6 Å². The molecule has 2 aliphatic heterocycles. The van der Waals surface area contributed by atoms with Crippen LogP contribution in [0.5, 0.6) is 0 Å². The standard InChI is InChI=1S/C14H22F3N3OS2/c15-14(16,17)8-3-1-4-9(7-8)20-13(18)23-12(19-20)11(21)10-5-2-6-22-10/h8-10,12-13,19H,1-7,18H2. The molecule has 0 bridgehead atoms. The number of rotatable bonds is 3. The lowest BCUT2D eigenvalue weighted by Gasteiger charge is -2.37. The molecule has 0 aromatic rings. The van der Waals surface area contributed by atoms with Crippen molar-refractivity contribution in [3.8, 4) is 0 Å². The molecule has 3 N–H and O–H groups in total. The number of hydrogen-bond acceptors (Lipinski definition) is 6. The van der Waals surface area contributed by atoms with E-state index in [0.29, 0.717) is 12.8 Å². The van der Waals surface area contributed by atoms with Gasteiger partial charge in [-0.05, 0) is 37.9 Å². The van der Waals surface area contributed by atoms with Crippen LogP contribution in [-0.2, 0) is 4.79 Å². The fraction of sp³-hybridized carbons (Fsp3) is 0.929. The summed E-state index contributed by atoms with van der Waals surface area (Å²) in [5, 5.41) is 1.28. The number of ketones is 1. The minimum atomic E-state index is -4.15. The zero-order valence-corrected chi connectivity index (χ0v) is 14.4. The Hall–Kier alpha value is 0.0400. The molecule has 1 saturated carbocycles. The van der Waals surface area contributed by atoms with Gasteiger partial charge in [0.2, 0.25) is 0 Å². The molecule has 4 nitrogen and oxygen atoms in total. The first-order valence-electron chi connectivity index (χ1n) is 8.04. The van der Waals surface area contributed by atoms with E-state index >= 15 is 0 Å². The number of nitrogens with two attached hydrogens (primary N) is 1. The molecule has 5 atom stereocenters. The summed E-state index contributed by atoms with van der Waals surface area (Å²) in [7, 11) is 0. The summed E-state index contributed by atoms with van der Waals surface area (Å²) in [6.07, 6.45) is -0.734. The number of carbonyl (C=O) groups is 1. The molecule has 0 spiro atoms. The van der Waals surface area contributed by atoms with Crippen LogP contribution in [-0.4, -0.2) is 44.9 Å². The van der Waals surface area contributed by atoms with Gasteiger partial charge in [-0.1, -0.05) is 18.2 Å². The summed E-state index contributed by atoms with van der Waals surface area (Å²) in [4.78, 5) is 12.5. The van der Waals surface area contributed by atoms with Crippen molar-refractivity contribution in [2.45, 2.75) is 66.9 Å². The summed E-state index contributed by atoms with van der Waals surface area (Å²) in [6.45, 7) is 0. The van der Waals surface area contributed by atoms with Crippen LogP contribution < -0.4 is 11.2 Å². The topological polar surface area (TPSA) is 58.4 Å². The second-order valence-electron chi connectivity index (χ2n) is 6.41. The highest BCUT2D eigenvalue weighted by Gasteiger charge is 2.47. The summed E-state index contributed by atoms with van der Waals surface area (Å²) < 4.78 is 38.9. The van der Waals surface area contributed by atoms with Gasteiger partial charge in [-0.3, -0.25) is 4.79 Å². The molecule has 2 heterocycles. The third kappa shape index (κ3) is 4.00. The van der Waals surface area contributed by atoms with Crippen LogP contribution >= 0.6 is 23.5 Å². The average Bonchev–Trinajstić information content (AvgIpc) is 3.15. The van der Waals surface area contributed by atoms with Crippen LogP contribution in [0.15, 0.2) is 0 Å². The van der Waals surface area contributed by atoms with E-state index < -0.39 is 23.0 Å². The maximum atomic E-state index is 13.0. The smallest absolute Gasteiger partial charge is 0.306 e. The highest BCUT2D eigenvalue weighted by Crippen LogP contribution is 2.41. The second-order valence-corrected chi connectivity index (χ2v) is 8.94. The number of carbonyl (C=O) groups excluding carboxylic acids is 1. The molecule has 2 saturated heterocycles. The molecule has 5 unspecified atom stereocenters. The number of nitrogens with one attached hydrogen (secondary N) is 1. The molecule has 0 aromatic carbocycles. The first kappa shape index (κ1) is 17.8. The molecular formula is C14H22F3N3OS2. The van der Waals surface area contributed by atoms with Gasteiger partial charge in [0.05, 0.1) is 11.2 Å². The lowest BCUT2D eigenvalue weighted by atomic mass is 9.85. The van der Waals surface area contributed by atoms with Crippen LogP contribution in [0.3, 0.4) is 0 Å². The van der Waals surface area contributed by atoms with Crippen molar-refractivity contribution in [3.63, 3.8) is 0 Å². The van der Waals surface area contributed by atoms with E-state index in [9.17, 15) is 18.0 Å². The van der Waals surface area contributed by atoms with Gasteiger partial charge in [0, 0.05) is 6.04 Å². The number of Topliss-reactive ketones (excluding diaryl/α,β-unsaturated/α-hetero) is 1. The minimum Gasteiger partial charge on any atom is -0.306 e. The Morgan fingerprint density at radius 2 is 2.00 bits per heavy atom. The number of nitrogens with zero attached hydrogens (tertiary/aromatic N) is 1. The minimum absolute atomic E-state index is 0.00132. The Bertz CT molecular complexity index is 445. The lowest BCUT2D eigenvalue weighted by Crippen LogP contribution is -2.53. The predicted octanol–water partition coefficient (Wildman–Crippen LogP) is 2.69. The van der Waals surface area contributed by atoms with Crippen molar-refractivity contribution in [1.29, 1.82) is 0 Å². The molecule has 3 fully saturated rings. The van der Waals surface area contributed by atoms with E-state index in [1.807, 2.05) is 0 Å². The molecule has 0 amide bonds. The molecule has 9 heteroatoms. The van der Waals surface area contributed by atoms with Crippen molar-refractivity contribution >= 4 is 29.3 Å². The molecule has 0 radical (unpaired) electrons. The van der Waals surface area contributed by atoms with Crippen LogP contribution in [0.1, 0.15) is 38.5 Å². The SMILES string of the molecule is NC1SC(C(=O)C2CCCS2)NN1C1CCCC(C(F)(F)F)C1. The Labute approximate surface area is 142 Å². The highest BCUT2D eigenvalue weighted by atomic mass is 32.2. The van der Waals surface area contributed by atoms with E-state index in [1.54, 1.807) is 16.8 Å². The van der Waals surface area contributed by atoms with Crippen molar-refractivity contribution in [2.75, 3.05) is 5.75 Å². The number of hydrogen-bond donors (Lipinski definition) is 2. The van der Waals surface area contributed by atoms with Crippen LogP contribution in [0.4, 0.5) is 13.2 Å². The lowest BCUT2D eigenvalue weighted by molar-refractivity contribution is -0.188. The van der Waals surface area contributed by atoms with E-state index in [4.69, 9.17) is 5.73 Å². The first-order valence-corrected chi connectivity index (χ1v) is 10.0. The predicted molar refractivity (Wildman–Crippen MR) is 86.6 cm³/mol. The maximum absolute atomic E-state index is 13.0. The van der Waals surface area contributed by atoms with Gasteiger partial charge in [-0.25, -0.2) is 10.4 Å². The first-order chi connectivity index (χ1) is 10.9. The van der Waals surface area contributed by atoms with Crippen LogP contribution in [0, 0.1) is 5.92 Å². The van der Waals surface area contributed by atoms with Crippen LogP contribution in [0.2, 0.25) is 0 Å². The fourth-order valence-electron chi connectivity index (χ4n) is 3.57. The largest absolute Gasteiger partial charge is 0.391 e. The fourth-order valence-corrected chi connectivity index (χ4v) is 6.03. The average molecular weight is 369 g/mol. The summed E-state index contributed by atoms with van der Waals surface area (Å²) in [5.74, 6) is -0.140. The zero-order chi connectivity index (χ0) is 16.6. The maximum Gasteiger partial charge on any atom is 0.391 e. The molecule has 3 rings (SSSR count). The van der Waals surface area contributed by atoms with Gasteiger partial charge in [0.15, 0.2) is 5.78 Å². The molecule has 1 aliphatic carbocycles. The van der Waals surface area contributed by atoms with Gasteiger partial charge < -0.3 is 5.73 Å². The van der Waals surface area contributed by atoms with Crippen molar-refractivity contribution in [1.82, 2.24) is 10.4 Å². The molecule has 3 aliphatic rings. The number of thioether (sulfide) groups is 2. The normalized spacial score (nSPS) is 39.7. The quantitative estimate of drug-likeness (QED) is 0.798.